The predicted octanol–water partition coefficient (Wildman–Crippen LogP) is 15.6. The first-order valence-corrected chi connectivity index (χ1v) is 19.3. The standard InChI is InChI=1S/C54H35NO2/c1-3-15-36(16-4-1)41-19-7-8-21-46(41)53-42(37-17-5-2-6-18-37)23-13-25-48(53)55(40-33-34-45-44-20-9-11-26-49(44)57-52(45)35-40)39-31-29-38(30-32-39)43-24-14-28-51-54(43)47-22-10-12-27-50(47)56-51/h1-35H. The van der Waals surface area contributed by atoms with Crippen LogP contribution in [0.4, 0.5) is 17.1 Å². The number of fused-ring (bicyclic) bond motifs is 6. The summed E-state index contributed by atoms with van der Waals surface area (Å²) in [5, 5.41) is 4.45. The van der Waals surface area contributed by atoms with Gasteiger partial charge in [-0.3, -0.25) is 0 Å². The number of para-hydroxylation sites is 2. The Hall–Kier alpha value is -7.62. The monoisotopic (exact) mass is 729 g/mol. The summed E-state index contributed by atoms with van der Waals surface area (Å²) in [5.41, 5.74) is 15.8. The second kappa shape index (κ2) is 13.6. The van der Waals surface area contributed by atoms with Crippen LogP contribution in [0.15, 0.2) is 221 Å². The number of furan rings is 2. The van der Waals surface area contributed by atoms with Gasteiger partial charge in [-0.25, -0.2) is 0 Å². The summed E-state index contributed by atoms with van der Waals surface area (Å²) >= 11 is 0. The third-order valence-corrected chi connectivity index (χ3v) is 11.1. The first-order chi connectivity index (χ1) is 28.3. The molecule has 3 heteroatoms. The third-order valence-electron chi connectivity index (χ3n) is 11.1. The van der Waals surface area contributed by atoms with Crippen LogP contribution in [0.2, 0.25) is 0 Å². The van der Waals surface area contributed by atoms with Gasteiger partial charge in [0.2, 0.25) is 0 Å². The quantitative estimate of drug-likeness (QED) is 0.164. The largest absolute Gasteiger partial charge is 0.456 e. The molecular weight excluding hydrogens is 695 g/mol. The number of hydrogen-bond donors (Lipinski definition) is 0. The normalized spacial score (nSPS) is 11.5. The van der Waals surface area contributed by atoms with Crippen molar-refractivity contribution >= 4 is 60.9 Å². The van der Waals surface area contributed by atoms with Crippen molar-refractivity contribution in [3.05, 3.63) is 212 Å². The van der Waals surface area contributed by atoms with Gasteiger partial charge in [-0.05, 0) is 87.5 Å². The van der Waals surface area contributed by atoms with Crippen molar-refractivity contribution in [2.24, 2.45) is 0 Å². The average molecular weight is 730 g/mol. The maximum absolute atomic E-state index is 6.51. The summed E-state index contributed by atoms with van der Waals surface area (Å²) < 4.78 is 12.8. The highest BCUT2D eigenvalue weighted by Crippen LogP contribution is 2.49. The molecule has 0 bridgehead atoms. The Bertz CT molecular complexity index is 3230. The summed E-state index contributed by atoms with van der Waals surface area (Å²) in [6.07, 6.45) is 0. The Morgan fingerprint density at radius 2 is 0.807 bits per heavy atom. The van der Waals surface area contributed by atoms with Gasteiger partial charge in [0.05, 0.1) is 5.69 Å². The van der Waals surface area contributed by atoms with Crippen molar-refractivity contribution in [2.45, 2.75) is 0 Å². The molecule has 0 spiro atoms. The summed E-state index contributed by atoms with van der Waals surface area (Å²) in [6.45, 7) is 0. The van der Waals surface area contributed by atoms with Crippen LogP contribution < -0.4 is 4.90 Å². The van der Waals surface area contributed by atoms with E-state index >= 15 is 0 Å². The Balaban J connectivity index is 1.16. The van der Waals surface area contributed by atoms with Crippen molar-refractivity contribution in [2.75, 3.05) is 4.90 Å². The molecule has 0 aliphatic heterocycles. The molecule has 9 aromatic carbocycles. The lowest BCUT2D eigenvalue weighted by atomic mass is 9.87. The summed E-state index contributed by atoms with van der Waals surface area (Å²) in [7, 11) is 0. The van der Waals surface area contributed by atoms with Crippen molar-refractivity contribution in [1.82, 2.24) is 0 Å². The number of anilines is 3. The molecule has 0 saturated heterocycles. The van der Waals surface area contributed by atoms with Gasteiger partial charge in [0.25, 0.3) is 0 Å². The third kappa shape index (κ3) is 5.60. The van der Waals surface area contributed by atoms with Crippen LogP contribution in [0.25, 0.3) is 88.4 Å². The lowest BCUT2D eigenvalue weighted by Gasteiger charge is -2.30. The molecule has 0 aliphatic carbocycles. The summed E-state index contributed by atoms with van der Waals surface area (Å²) in [5.74, 6) is 0. The molecule has 0 aliphatic rings. The highest BCUT2D eigenvalue weighted by atomic mass is 16.3. The molecule has 57 heavy (non-hydrogen) atoms. The van der Waals surface area contributed by atoms with Gasteiger partial charge in [-0.2, -0.15) is 0 Å². The van der Waals surface area contributed by atoms with Crippen LogP contribution >= 0.6 is 0 Å². The van der Waals surface area contributed by atoms with E-state index < -0.39 is 0 Å². The van der Waals surface area contributed by atoms with E-state index in [1.54, 1.807) is 0 Å². The lowest BCUT2D eigenvalue weighted by Crippen LogP contribution is -2.12. The number of nitrogens with zero attached hydrogens (tertiary/aromatic N) is 1. The van der Waals surface area contributed by atoms with E-state index in [9.17, 15) is 0 Å². The molecule has 268 valence electrons. The molecule has 0 radical (unpaired) electrons. The van der Waals surface area contributed by atoms with Gasteiger partial charge < -0.3 is 13.7 Å². The van der Waals surface area contributed by atoms with Crippen LogP contribution in [-0.4, -0.2) is 0 Å². The van der Waals surface area contributed by atoms with Crippen molar-refractivity contribution < 1.29 is 8.83 Å². The van der Waals surface area contributed by atoms with E-state index in [0.717, 1.165) is 94.3 Å². The molecule has 2 aromatic heterocycles. The maximum atomic E-state index is 6.51. The predicted molar refractivity (Wildman–Crippen MR) is 237 cm³/mol. The first-order valence-electron chi connectivity index (χ1n) is 19.3. The maximum Gasteiger partial charge on any atom is 0.137 e. The van der Waals surface area contributed by atoms with E-state index in [-0.39, 0.29) is 0 Å². The minimum absolute atomic E-state index is 0.847. The molecule has 11 rings (SSSR count). The summed E-state index contributed by atoms with van der Waals surface area (Å²) in [6, 6.07) is 75.2. The van der Waals surface area contributed by atoms with Gasteiger partial charge in [0, 0.05) is 44.5 Å². The second-order valence-corrected chi connectivity index (χ2v) is 14.4. The molecule has 2 heterocycles. The molecule has 0 saturated carbocycles. The van der Waals surface area contributed by atoms with Gasteiger partial charge in [-0.15, -0.1) is 0 Å². The Kier molecular flexibility index (Phi) is 7.82. The molecule has 11 aromatic rings. The fourth-order valence-corrected chi connectivity index (χ4v) is 8.52. The second-order valence-electron chi connectivity index (χ2n) is 14.4. The van der Waals surface area contributed by atoms with Crippen molar-refractivity contribution in [3.63, 3.8) is 0 Å². The number of benzene rings is 9. The zero-order valence-electron chi connectivity index (χ0n) is 31.0. The van der Waals surface area contributed by atoms with Crippen LogP contribution in [-0.2, 0) is 0 Å². The highest BCUT2D eigenvalue weighted by Gasteiger charge is 2.24. The van der Waals surface area contributed by atoms with Crippen molar-refractivity contribution in [1.29, 1.82) is 0 Å². The average Bonchev–Trinajstić information content (AvgIpc) is 3.86. The lowest BCUT2D eigenvalue weighted by molar-refractivity contribution is 0.668. The minimum Gasteiger partial charge on any atom is -0.456 e. The van der Waals surface area contributed by atoms with Crippen LogP contribution in [0.3, 0.4) is 0 Å². The number of hydrogen-bond acceptors (Lipinski definition) is 3. The van der Waals surface area contributed by atoms with E-state index in [4.69, 9.17) is 8.83 Å². The fraction of sp³-hybridized carbons (Fsp3) is 0. The van der Waals surface area contributed by atoms with Crippen LogP contribution in [0.5, 0.6) is 0 Å². The first kappa shape index (κ1) is 32.8. The van der Waals surface area contributed by atoms with E-state index in [0.29, 0.717) is 0 Å². The van der Waals surface area contributed by atoms with E-state index in [2.05, 4.69) is 193 Å². The Morgan fingerprint density at radius 1 is 0.298 bits per heavy atom. The zero-order chi connectivity index (χ0) is 37.7. The van der Waals surface area contributed by atoms with E-state index in [1.807, 2.05) is 24.3 Å². The molecule has 0 fully saturated rings. The number of rotatable bonds is 7. The zero-order valence-corrected chi connectivity index (χ0v) is 31.0. The Morgan fingerprint density at radius 3 is 1.58 bits per heavy atom. The molecule has 0 amide bonds. The van der Waals surface area contributed by atoms with Gasteiger partial charge >= 0.3 is 0 Å². The van der Waals surface area contributed by atoms with E-state index in [1.165, 1.54) is 11.1 Å². The summed E-state index contributed by atoms with van der Waals surface area (Å²) in [4.78, 5) is 2.38. The molecular formula is C54H35NO2. The molecule has 0 unspecified atom stereocenters. The molecule has 3 nitrogen and oxygen atoms in total. The Labute approximate surface area is 330 Å². The fourth-order valence-electron chi connectivity index (χ4n) is 8.52. The van der Waals surface area contributed by atoms with Crippen LogP contribution in [0, 0.1) is 0 Å². The SMILES string of the molecule is c1ccc(-c2ccccc2-c2c(-c3ccccc3)cccc2N(c2ccc(-c3cccc4oc5ccccc5c34)cc2)c2ccc3c(c2)oc2ccccc23)cc1. The molecule has 0 N–H and O–H groups in total. The van der Waals surface area contributed by atoms with Crippen molar-refractivity contribution in [3.8, 4) is 44.5 Å². The smallest absolute Gasteiger partial charge is 0.137 e. The molecule has 0 atom stereocenters. The van der Waals surface area contributed by atoms with Gasteiger partial charge in [0.15, 0.2) is 0 Å². The topological polar surface area (TPSA) is 29.5 Å². The van der Waals surface area contributed by atoms with Gasteiger partial charge in [0.1, 0.15) is 22.3 Å². The highest BCUT2D eigenvalue weighted by molar-refractivity contribution is 6.12. The van der Waals surface area contributed by atoms with Crippen LogP contribution in [0.1, 0.15) is 0 Å². The minimum atomic E-state index is 0.847. The van der Waals surface area contributed by atoms with Gasteiger partial charge in [-0.1, -0.05) is 158 Å².